The van der Waals surface area contributed by atoms with Crippen LogP contribution in [-0.2, 0) is 4.79 Å². The molecule has 5 heteroatoms. The van der Waals surface area contributed by atoms with E-state index in [-0.39, 0.29) is 23.9 Å². The molecule has 1 saturated heterocycles. The van der Waals surface area contributed by atoms with Gasteiger partial charge in [-0.15, -0.1) is 11.8 Å². The molecule has 2 fully saturated rings. The summed E-state index contributed by atoms with van der Waals surface area (Å²) < 4.78 is 0. The van der Waals surface area contributed by atoms with Crippen LogP contribution in [0.3, 0.4) is 0 Å². The van der Waals surface area contributed by atoms with Crippen LogP contribution in [0.1, 0.15) is 42.5 Å². The number of carbonyl (C=O) groups excluding carboxylic acids is 2. The Bertz CT molecular complexity index is 827. The van der Waals surface area contributed by atoms with E-state index in [0.29, 0.717) is 18.0 Å². The van der Waals surface area contributed by atoms with Crippen LogP contribution in [0.5, 0.6) is 0 Å². The third-order valence-electron chi connectivity index (χ3n) is 6.06. The van der Waals surface area contributed by atoms with E-state index >= 15 is 0 Å². The number of thioether (sulfide) groups is 1. The highest BCUT2D eigenvalue weighted by Crippen LogP contribution is 2.40. The lowest BCUT2D eigenvalue weighted by Gasteiger charge is -2.33. The number of benzene rings is 2. The second-order valence-electron chi connectivity index (χ2n) is 7.89. The Morgan fingerprint density at radius 2 is 1.66 bits per heavy atom. The summed E-state index contributed by atoms with van der Waals surface area (Å²) in [5, 5.41) is 3.09. The van der Waals surface area contributed by atoms with Gasteiger partial charge < -0.3 is 10.2 Å². The van der Waals surface area contributed by atoms with Crippen molar-refractivity contribution in [1.82, 2.24) is 10.2 Å². The van der Waals surface area contributed by atoms with E-state index < -0.39 is 0 Å². The fraction of sp³-hybridized carbons (Fsp3) is 0.417. The van der Waals surface area contributed by atoms with Crippen LogP contribution in [0.2, 0.25) is 0 Å². The van der Waals surface area contributed by atoms with E-state index in [9.17, 15) is 9.59 Å². The van der Waals surface area contributed by atoms with Gasteiger partial charge in [-0.1, -0.05) is 49.2 Å². The van der Waals surface area contributed by atoms with Gasteiger partial charge in [0.25, 0.3) is 5.91 Å². The summed E-state index contributed by atoms with van der Waals surface area (Å²) in [6, 6.07) is 19.4. The van der Waals surface area contributed by atoms with Crippen molar-refractivity contribution in [3.05, 3.63) is 66.2 Å². The maximum absolute atomic E-state index is 13.3. The normalized spacial score (nSPS) is 23.4. The summed E-state index contributed by atoms with van der Waals surface area (Å²) >= 11 is 1.73. The molecular formula is C24H28N2O2S. The van der Waals surface area contributed by atoms with Crippen LogP contribution < -0.4 is 5.32 Å². The molecule has 152 valence electrons. The van der Waals surface area contributed by atoms with Gasteiger partial charge >= 0.3 is 0 Å². The van der Waals surface area contributed by atoms with Gasteiger partial charge in [-0.2, -0.15) is 0 Å². The molecular weight excluding hydrogens is 380 g/mol. The lowest BCUT2D eigenvalue weighted by Crippen LogP contribution is -2.49. The van der Waals surface area contributed by atoms with E-state index in [4.69, 9.17) is 0 Å². The predicted molar refractivity (Wildman–Crippen MR) is 117 cm³/mol. The smallest absolute Gasteiger partial charge is 0.254 e. The maximum Gasteiger partial charge on any atom is 0.254 e. The number of rotatable bonds is 6. The van der Waals surface area contributed by atoms with Crippen molar-refractivity contribution in [2.24, 2.45) is 5.92 Å². The Morgan fingerprint density at radius 1 is 0.966 bits per heavy atom. The zero-order chi connectivity index (χ0) is 20.1. The monoisotopic (exact) mass is 408 g/mol. The van der Waals surface area contributed by atoms with Crippen molar-refractivity contribution < 1.29 is 9.59 Å². The standard InChI is InChI=1S/C24H28N2O2S/c27-23(25-15-16-29-20-12-5-2-6-13-20)22-17-19-11-7-8-14-21(19)26(22)24(28)18-9-3-1-4-10-18/h1-6,9-10,12-13,19,21-22H,7-8,11,14-17H2,(H,25,27). The number of fused-ring (bicyclic) bond motifs is 1. The molecule has 0 bridgehead atoms. The van der Waals surface area contributed by atoms with Gasteiger partial charge in [-0.25, -0.2) is 0 Å². The number of amides is 2. The summed E-state index contributed by atoms with van der Waals surface area (Å²) in [5.74, 6) is 1.27. The van der Waals surface area contributed by atoms with Crippen molar-refractivity contribution in [1.29, 1.82) is 0 Å². The van der Waals surface area contributed by atoms with Crippen molar-refractivity contribution in [3.8, 4) is 0 Å². The summed E-state index contributed by atoms with van der Waals surface area (Å²) in [7, 11) is 0. The van der Waals surface area contributed by atoms with Gasteiger partial charge in [0.2, 0.25) is 5.91 Å². The number of hydrogen-bond donors (Lipinski definition) is 1. The molecule has 2 aliphatic rings. The average molecular weight is 409 g/mol. The van der Waals surface area contributed by atoms with E-state index in [1.807, 2.05) is 53.4 Å². The number of hydrogen-bond acceptors (Lipinski definition) is 3. The predicted octanol–water partition coefficient (Wildman–Crippen LogP) is 4.37. The van der Waals surface area contributed by atoms with E-state index in [0.717, 1.165) is 31.4 Å². The lowest BCUT2D eigenvalue weighted by atomic mass is 9.84. The molecule has 1 aliphatic carbocycles. The zero-order valence-electron chi connectivity index (χ0n) is 16.6. The highest BCUT2D eigenvalue weighted by molar-refractivity contribution is 7.99. The van der Waals surface area contributed by atoms with Crippen molar-refractivity contribution in [3.63, 3.8) is 0 Å². The Balaban J connectivity index is 1.41. The van der Waals surface area contributed by atoms with Crippen molar-refractivity contribution in [2.75, 3.05) is 12.3 Å². The summed E-state index contributed by atoms with van der Waals surface area (Å²) in [6.07, 6.45) is 5.27. The topological polar surface area (TPSA) is 49.4 Å². The minimum absolute atomic E-state index is 0.00110. The first kappa shape index (κ1) is 20.0. The first-order valence-electron chi connectivity index (χ1n) is 10.6. The number of nitrogens with zero attached hydrogens (tertiary/aromatic N) is 1. The molecule has 4 rings (SSSR count). The summed E-state index contributed by atoms with van der Waals surface area (Å²) in [4.78, 5) is 29.4. The molecule has 29 heavy (non-hydrogen) atoms. The molecule has 1 aliphatic heterocycles. The average Bonchev–Trinajstić information content (AvgIpc) is 3.17. The molecule has 0 radical (unpaired) electrons. The Morgan fingerprint density at radius 3 is 2.41 bits per heavy atom. The number of nitrogens with one attached hydrogen (secondary N) is 1. The van der Waals surface area contributed by atoms with Gasteiger partial charge in [-0.3, -0.25) is 9.59 Å². The first-order chi connectivity index (χ1) is 14.2. The van der Waals surface area contributed by atoms with Crippen LogP contribution in [0.25, 0.3) is 0 Å². The highest BCUT2D eigenvalue weighted by atomic mass is 32.2. The molecule has 4 nitrogen and oxygen atoms in total. The second-order valence-corrected chi connectivity index (χ2v) is 9.06. The maximum atomic E-state index is 13.3. The summed E-state index contributed by atoms with van der Waals surface area (Å²) in [6.45, 7) is 0.609. The number of carbonyl (C=O) groups is 2. The fourth-order valence-electron chi connectivity index (χ4n) is 4.69. The molecule has 0 aromatic heterocycles. The molecule has 2 aromatic carbocycles. The minimum Gasteiger partial charge on any atom is -0.353 e. The fourth-order valence-corrected chi connectivity index (χ4v) is 5.48. The van der Waals surface area contributed by atoms with Gasteiger partial charge in [0, 0.05) is 28.8 Å². The SMILES string of the molecule is O=C(NCCSc1ccccc1)C1CC2CCCCC2N1C(=O)c1ccccc1. The Kier molecular flexibility index (Phi) is 6.55. The number of likely N-dealkylation sites (tertiary alicyclic amines) is 1. The van der Waals surface area contributed by atoms with Gasteiger partial charge in [-0.05, 0) is 49.4 Å². The molecule has 3 unspecified atom stereocenters. The van der Waals surface area contributed by atoms with Crippen LogP contribution in [-0.4, -0.2) is 41.1 Å². The Hall–Kier alpha value is -2.27. The highest BCUT2D eigenvalue weighted by Gasteiger charge is 2.47. The first-order valence-corrected chi connectivity index (χ1v) is 11.6. The van der Waals surface area contributed by atoms with Crippen LogP contribution in [0.4, 0.5) is 0 Å². The molecule has 1 saturated carbocycles. The largest absolute Gasteiger partial charge is 0.353 e. The second kappa shape index (κ2) is 9.49. The van der Waals surface area contributed by atoms with Gasteiger partial charge in [0.05, 0.1) is 0 Å². The third kappa shape index (κ3) is 4.67. The zero-order valence-corrected chi connectivity index (χ0v) is 17.4. The van der Waals surface area contributed by atoms with Gasteiger partial charge in [0.15, 0.2) is 0 Å². The van der Waals surface area contributed by atoms with Gasteiger partial charge in [0.1, 0.15) is 6.04 Å². The molecule has 3 atom stereocenters. The van der Waals surface area contributed by atoms with Crippen LogP contribution >= 0.6 is 11.8 Å². The van der Waals surface area contributed by atoms with Crippen molar-refractivity contribution >= 4 is 23.6 Å². The molecule has 2 amide bonds. The Labute approximate surface area is 177 Å². The van der Waals surface area contributed by atoms with Crippen LogP contribution in [0, 0.1) is 5.92 Å². The summed E-state index contributed by atoms with van der Waals surface area (Å²) in [5.41, 5.74) is 0.677. The van der Waals surface area contributed by atoms with Crippen LogP contribution in [0.15, 0.2) is 65.6 Å². The molecule has 0 spiro atoms. The minimum atomic E-state index is -0.350. The molecule has 1 N–H and O–H groups in total. The molecule has 2 aromatic rings. The van der Waals surface area contributed by atoms with E-state index in [1.165, 1.54) is 11.3 Å². The van der Waals surface area contributed by atoms with Crippen molar-refractivity contribution in [2.45, 2.75) is 49.1 Å². The van der Waals surface area contributed by atoms with E-state index in [2.05, 4.69) is 17.4 Å². The lowest BCUT2D eigenvalue weighted by molar-refractivity contribution is -0.125. The third-order valence-corrected chi connectivity index (χ3v) is 7.07. The van der Waals surface area contributed by atoms with E-state index in [1.54, 1.807) is 11.8 Å². The molecule has 1 heterocycles. The quantitative estimate of drug-likeness (QED) is 0.570.